The number of nitrogens with two attached hydrogens (primary N) is 1. The molecule has 38 heavy (non-hydrogen) atoms. The molecule has 2 bridgehead atoms. The molecule has 1 aliphatic heterocycles. The zero-order valence-electron chi connectivity index (χ0n) is 21.1. The van der Waals surface area contributed by atoms with Crippen molar-refractivity contribution in [3.8, 4) is 5.75 Å². The van der Waals surface area contributed by atoms with E-state index < -0.39 is 42.3 Å². The summed E-state index contributed by atoms with van der Waals surface area (Å²) in [5.74, 6) is 0.319. The molecule has 1 aromatic carbocycles. The van der Waals surface area contributed by atoms with Crippen molar-refractivity contribution in [2.45, 2.75) is 57.0 Å². The fourth-order valence-electron chi connectivity index (χ4n) is 6.06. The zero-order chi connectivity index (χ0) is 27.1. The van der Waals surface area contributed by atoms with Gasteiger partial charge in [-0.15, -0.1) is 0 Å². The van der Waals surface area contributed by atoms with Crippen LogP contribution in [0, 0.1) is 11.8 Å². The van der Waals surface area contributed by atoms with Crippen molar-refractivity contribution in [2.24, 2.45) is 17.6 Å². The maximum atomic E-state index is 12.5. The molecule has 2 aliphatic carbocycles. The van der Waals surface area contributed by atoms with E-state index in [2.05, 4.69) is 20.6 Å². The van der Waals surface area contributed by atoms with Gasteiger partial charge in [-0.2, -0.15) is 4.98 Å². The summed E-state index contributed by atoms with van der Waals surface area (Å²) in [7, 11) is 1.58. The number of halogens is 1. The number of rotatable bonds is 7. The second-order valence-corrected chi connectivity index (χ2v) is 10.2. The van der Waals surface area contributed by atoms with Crippen LogP contribution in [0.25, 0.3) is 0 Å². The number of hydrogen-bond donors (Lipinski definition) is 5. The topological polar surface area (TPSA) is 172 Å². The molecule has 1 aromatic heterocycles. The third-order valence-corrected chi connectivity index (χ3v) is 8.00. The number of carbonyl (C=O) groups excluding carboxylic acids is 2. The first-order valence-corrected chi connectivity index (χ1v) is 13.0. The highest BCUT2D eigenvalue weighted by atomic mass is 35.5. The monoisotopic (exact) mass is 546 g/mol. The maximum Gasteiger partial charge on any atom is 0.404 e. The van der Waals surface area contributed by atoms with Gasteiger partial charge in [-0.05, 0) is 38.3 Å². The second-order valence-electron chi connectivity index (χ2n) is 9.77. The van der Waals surface area contributed by atoms with E-state index in [-0.39, 0.29) is 22.7 Å². The van der Waals surface area contributed by atoms with Gasteiger partial charge in [-0.25, -0.2) is 9.78 Å². The summed E-state index contributed by atoms with van der Waals surface area (Å²) in [6, 6.07) is 3.13. The lowest BCUT2D eigenvalue weighted by atomic mass is 9.88. The molecular formula is C25H31ClN6O6. The molecule has 6 N–H and O–H groups in total. The smallest absolute Gasteiger partial charge is 0.404 e. The number of aliphatic hydroxyl groups is 2. The lowest BCUT2D eigenvalue weighted by Crippen LogP contribution is -2.53. The van der Waals surface area contributed by atoms with Gasteiger partial charge >= 0.3 is 6.09 Å². The van der Waals surface area contributed by atoms with Crippen molar-refractivity contribution < 1.29 is 29.3 Å². The zero-order valence-corrected chi connectivity index (χ0v) is 21.8. The number of fused-ring (bicyclic) bond motifs is 3. The van der Waals surface area contributed by atoms with Crippen LogP contribution in [0.2, 0.25) is 5.02 Å². The molecule has 5 rings (SSSR count). The Labute approximate surface area is 224 Å². The summed E-state index contributed by atoms with van der Waals surface area (Å²) in [6.07, 6.45) is 0.0277. The van der Waals surface area contributed by atoms with E-state index in [1.807, 2.05) is 19.1 Å². The van der Waals surface area contributed by atoms with E-state index in [1.54, 1.807) is 12.0 Å². The number of methoxy groups -OCH3 is 1. The number of hydrogen-bond acceptors (Lipinski definition) is 10. The van der Waals surface area contributed by atoms with Gasteiger partial charge in [-0.1, -0.05) is 11.6 Å². The Morgan fingerprint density at radius 1 is 1.26 bits per heavy atom. The van der Waals surface area contributed by atoms with Gasteiger partial charge in [0.2, 0.25) is 11.9 Å². The molecule has 0 saturated heterocycles. The molecular weight excluding hydrogens is 516 g/mol. The Morgan fingerprint density at radius 3 is 2.74 bits per heavy atom. The van der Waals surface area contributed by atoms with Crippen LogP contribution in [0.15, 0.2) is 18.3 Å². The number of amides is 2. The van der Waals surface area contributed by atoms with E-state index in [1.165, 1.54) is 6.20 Å². The minimum Gasteiger partial charge on any atom is -0.494 e. The number of aliphatic hydroxyl groups excluding tert-OH is 2. The first kappa shape index (κ1) is 26.3. The molecule has 0 unspecified atom stereocenters. The Bertz CT molecular complexity index is 1250. The lowest BCUT2D eigenvalue weighted by molar-refractivity contribution is -0.118. The van der Waals surface area contributed by atoms with Crippen LogP contribution in [0.3, 0.4) is 0 Å². The van der Waals surface area contributed by atoms with E-state index in [0.29, 0.717) is 43.7 Å². The minimum absolute atomic E-state index is 0.0858. The van der Waals surface area contributed by atoms with E-state index in [0.717, 1.165) is 11.3 Å². The Hall–Kier alpha value is -3.35. The number of ether oxygens (including phenoxy) is 2. The molecule has 3 aliphatic rings. The summed E-state index contributed by atoms with van der Waals surface area (Å²) in [6.45, 7) is 2.50. The van der Waals surface area contributed by atoms with Gasteiger partial charge in [0.05, 0.1) is 42.9 Å². The van der Waals surface area contributed by atoms with Crippen molar-refractivity contribution in [2.75, 3.05) is 29.2 Å². The summed E-state index contributed by atoms with van der Waals surface area (Å²) < 4.78 is 11.0. The largest absolute Gasteiger partial charge is 0.494 e. The molecule has 0 radical (unpaired) electrons. The first-order chi connectivity index (χ1) is 18.2. The van der Waals surface area contributed by atoms with E-state index in [9.17, 15) is 19.8 Å². The number of nitrogens with zero attached hydrogens (tertiary/aromatic N) is 3. The van der Waals surface area contributed by atoms with Gasteiger partial charge in [-0.3, -0.25) is 4.79 Å². The molecule has 2 saturated carbocycles. The second kappa shape index (κ2) is 10.4. The Morgan fingerprint density at radius 2 is 2.03 bits per heavy atom. The molecule has 2 heterocycles. The van der Waals surface area contributed by atoms with Crippen LogP contribution < -0.4 is 26.0 Å². The van der Waals surface area contributed by atoms with Crippen LogP contribution in [-0.4, -0.2) is 70.2 Å². The summed E-state index contributed by atoms with van der Waals surface area (Å²) in [5, 5.41) is 27.3. The first-order valence-electron chi connectivity index (χ1n) is 12.6. The molecule has 2 fully saturated rings. The standard InChI is InChI=1S/C25H31ClN6O6/c1-3-32-16-8-7-15(21(37-2)11(16)5-4-6-17(32)33)29-25-28-10-14(26)23(31-25)30-18-12-9-13(20(35)19(12)34)22(18)38-24(27)36/h7-8,10,12-13,18-20,22,34-35H,3-6,9H2,1-2H3,(H2,27,36)(H2,28,29,30,31)/t12-,13+,18+,19-,20+,22-/m0/s1. The van der Waals surface area contributed by atoms with Crippen molar-refractivity contribution in [1.82, 2.24) is 9.97 Å². The molecule has 204 valence electrons. The van der Waals surface area contributed by atoms with Crippen LogP contribution in [0.5, 0.6) is 5.75 Å². The highest BCUT2D eigenvalue weighted by molar-refractivity contribution is 6.32. The third kappa shape index (κ3) is 4.56. The van der Waals surface area contributed by atoms with Gasteiger partial charge < -0.3 is 41.0 Å². The quantitative estimate of drug-likeness (QED) is 0.346. The molecule has 2 aromatic rings. The van der Waals surface area contributed by atoms with Gasteiger partial charge in [0.25, 0.3) is 0 Å². The number of benzene rings is 1. The van der Waals surface area contributed by atoms with Crippen LogP contribution in [0.4, 0.5) is 27.9 Å². The highest BCUT2D eigenvalue weighted by Gasteiger charge is 2.59. The van der Waals surface area contributed by atoms with Crippen molar-refractivity contribution in [3.63, 3.8) is 0 Å². The average Bonchev–Trinajstić information content (AvgIpc) is 3.30. The molecule has 12 nitrogen and oxygen atoms in total. The van der Waals surface area contributed by atoms with Crippen molar-refractivity contribution >= 4 is 46.7 Å². The van der Waals surface area contributed by atoms with Crippen molar-refractivity contribution in [3.05, 3.63) is 28.9 Å². The average molecular weight is 547 g/mol. The number of anilines is 4. The molecule has 0 spiro atoms. The maximum absolute atomic E-state index is 12.5. The predicted molar refractivity (Wildman–Crippen MR) is 140 cm³/mol. The summed E-state index contributed by atoms with van der Waals surface area (Å²) in [5.41, 5.74) is 7.64. The fraction of sp³-hybridized carbons (Fsp3) is 0.520. The SMILES string of the molecule is CCN1C(=O)CCCc2c1ccc(Nc1ncc(Cl)c(N[C@@H]3[C@@H]4C[C@H]([C@@H](O)[C@H]4O)[C@@H]3OC(N)=O)n1)c2OC. The Kier molecular flexibility index (Phi) is 7.21. The summed E-state index contributed by atoms with van der Waals surface area (Å²) >= 11 is 6.39. The van der Waals surface area contributed by atoms with E-state index >= 15 is 0 Å². The van der Waals surface area contributed by atoms with Gasteiger partial charge in [0.1, 0.15) is 16.9 Å². The van der Waals surface area contributed by atoms with Gasteiger partial charge in [0, 0.05) is 30.4 Å². The number of carbonyl (C=O) groups is 2. The predicted octanol–water partition coefficient (Wildman–Crippen LogP) is 2.19. The molecule has 2 amide bonds. The Balaban J connectivity index is 1.42. The molecule has 13 heteroatoms. The molecule has 6 atom stereocenters. The number of aromatic nitrogens is 2. The normalized spacial score (nSPS) is 28.0. The van der Waals surface area contributed by atoms with Crippen LogP contribution in [0.1, 0.15) is 31.7 Å². The van der Waals surface area contributed by atoms with Crippen molar-refractivity contribution in [1.29, 1.82) is 0 Å². The third-order valence-electron chi connectivity index (χ3n) is 7.72. The number of nitrogens with one attached hydrogen (secondary N) is 2. The minimum atomic E-state index is -1.01. The summed E-state index contributed by atoms with van der Waals surface area (Å²) in [4.78, 5) is 34.6. The lowest BCUT2D eigenvalue weighted by Gasteiger charge is -2.36. The van der Waals surface area contributed by atoms with Crippen LogP contribution in [-0.2, 0) is 16.0 Å². The fourth-order valence-corrected chi connectivity index (χ4v) is 6.21. The number of primary amides is 1. The van der Waals surface area contributed by atoms with Crippen LogP contribution >= 0.6 is 11.6 Å². The highest BCUT2D eigenvalue weighted by Crippen LogP contribution is 2.48. The van der Waals surface area contributed by atoms with E-state index in [4.69, 9.17) is 26.8 Å². The van der Waals surface area contributed by atoms with Gasteiger partial charge in [0.15, 0.2) is 5.82 Å².